The van der Waals surface area contributed by atoms with Crippen LogP contribution < -0.4 is 16.4 Å². The Kier molecular flexibility index (Phi) is 6.16. The number of nitrogens with one attached hydrogen (secondary N) is 2. The number of carbonyl (C=O) groups is 1. The minimum Gasteiger partial charge on any atom is -0.387 e. The summed E-state index contributed by atoms with van der Waals surface area (Å²) < 4.78 is 7.12. The van der Waals surface area contributed by atoms with Crippen LogP contribution in [0.5, 0.6) is 0 Å². The summed E-state index contributed by atoms with van der Waals surface area (Å²) in [5, 5.41) is 26.3. The Hall–Kier alpha value is -2.34. The zero-order chi connectivity index (χ0) is 19.4. The highest BCUT2D eigenvalue weighted by Crippen LogP contribution is 2.32. The van der Waals surface area contributed by atoms with Crippen LogP contribution >= 0.6 is 0 Å². The number of unbranched alkanes of at least 4 members (excludes halogenated alkanes) is 1. The van der Waals surface area contributed by atoms with Gasteiger partial charge in [-0.3, -0.25) is 9.36 Å². The molecule has 2 aromatic heterocycles. The van der Waals surface area contributed by atoms with Gasteiger partial charge in [0.2, 0.25) is 0 Å². The number of hydrogen-bond acceptors (Lipinski definition) is 9. The summed E-state index contributed by atoms with van der Waals surface area (Å²) in [6.07, 6.45) is -0.184. The number of nitrogens with two attached hydrogens (primary N) is 1. The zero-order valence-electron chi connectivity index (χ0n) is 15.1. The summed E-state index contributed by atoms with van der Waals surface area (Å²) in [5.74, 6) is 0.0805. The number of aromatic nitrogens is 4. The van der Waals surface area contributed by atoms with E-state index in [1.165, 1.54) is 17.2 Å². The number of imidazole rings is 1. The molecule has 148 valence electrons. The van der Waals surface area contributed by atoms with Gasteiger partial charge in [-0.2, -0.15) is 0 Å². The fourth-order valence-corrected chi connectivity index (χ4v) is 3.02. The summed E-state index contributed by atoms with van der Waals surface area (Å²) in [4.78, 5) is 24.7. The van der Waals surface area contributed by atoms with Crippen molar-refractivity contribution in [3.8, 4) is 0 Å². The second-order valence-corrected chi connectivity index (χ2v) is 6.29. The summed E-state index contributed by atoms with van der Waals surface area (Å²) >= 11 is 0. The van der Waals surface area contributed by atoms with Crippen LogP contribution in [0.4, 0.5) is 5.82 Å². The highest BCUT2D eigenvalue weighted by atomic mass is 16.6. The van der Waals surface area contributed by atoms with Gasteiger partial charge in [0, 0.05) is 13.1 Å². The number of aliphatic hydroxyl groups excluding tert-OH is 2. The van der Waals surface area contributed by atoms with Crippen molar-refractivity contribution in [2.45, 2.75) is 44.3 Å². The monoisotopic (exact) mass is 379 g/mol. The first-order valence-corrected chi connectivity index (χ1v) is 8.99. The molecule has 1 aliphatic rings. The second-order valence-electron chi connectivity index (χ2n) is 6.29. The van der Waals surface area contributed by atoms with Crippen LogP contribution in [-0.4, -0.2) is 73.6 Å². The zero-order valence-corrected chi connectivity index (χ0v) is 15.1. The third-order valence-corrected chi connectivity index (χ3v) is 4.40. The van der Waals surface area contributed by atoms with Crippen LogP contribution in [0.2, 0.25) is 0 Å². The Labute approximate surface area is 156 Å². The molecule has 27 heavy (non-hydrogen) atoms. The van der Waals surface area contributed by atoms with E-state index in [0.717, 1.165) is 12.8 Å². The quantitative estimate of drug-likeness (QED) is 0.352. The Balaban J connectivity index is 1.82. The highest BCUT2D eigenvalue weighted by molar-refractivity contribution is 5.83. The predicted molar refractivity (Wildman–Crippen MR) is 96.7 cm³/mol. The first-order chi connectivity index (χ1) is 13.1. The van der Waals surface area contributed by atoms with E-state index in [2.05, 4.69) is 25.6 Å². The fourth-order valence-electron chi connectivity index (χ4n) is 3.02. The van der Waals surface area contributed by atoms with Crippen molar-refractivity contribution in [2.75, 3.05) is 25.0 Å². The van der Waals surface area contributed by atoms with Gasteiger partial charge in [0.25, 0.3) is 5.91 Å². The molecule has 4 atom stereocenters. The van der Waals surface area contributed by atoms with Gasteiger partial charge in [-0.15, -0.1) is 0 Å². The van der Waals surface area contributed by atoms with Gasteiger partial charge >= 0.3 is 0 Å². The van der Waals surface area contributed by atoms with Crippen LogP contribution in [0.25, 0.3) is 11.2 Å². The smallest absolute Gasteiger partial charge is 0.252 e. The summed E-state index contributed by atoms with van der Waals surface area (Å²) in [5.41, 5.74) is 6.43. The third kappa shape index (κ3) is 3.86. The molecule has 11 heteroatoms. The Morgan fingerprint density at radius 1 is 1.30 bits per heavy atom. The molecule has 1 amide bonds. The van der Waals surface area contributed by atoms with Crippen LogP contribution in [-0.2, 0) is 9.53 Å². The minimum atomic E-state index is -1.35. The van der Waals surface area contributed by atoms with Crippen molar-refractivity contribution >= 4 is 22.9 Å². The fraction of sp³-hybridized carbons (Fsp3) is 0.625. The standard InChI is InChI=1S/C16H25N7O4/c1-2-18-15(26)12-10(24)11(25)16(27-12)23-8-22-9-13(19-6-4-3-5-17)20-7-21-14(9)23/h7-8,10-12,16,24-25H,2-6,17H2,1H3,(H,18,26)(H,19,20,21)/t10-,11+,12-,16+/m0/s1. The van der Waals surface area contributed by atoms with Crippen molar-refractivity contribution in [3.05, 3.63) is 12.7 Å². The number of nitrogens with zero attached hydrogens (tertiary/aromatic N) is 4. The number of fused-ring (bicyclic) bond motifs is 1. The maximum absolute atomic E-state index is 12.0. The number of ether oxygens (including phenoxy) is 1. The average Bonchev–Trinajstić information content (AvgIpc) is 3.21. The molecular weight excluding hydrogens is 354 g/mol. The van der Waals surface area contributed by atoms with Crippen LogP contribution in [0.15, 0.2) is 12.7 Å². The van der Waals surface area contributed by atoms with Crippen molar-refractivity contribution in [1.29, 1.82) is 0 Å². The molecule has 0 aliphatic carbocycles. The van der Waals surface area contributed by atoms with Crippen molar-refractivity contribution < 1.29 is 19.7 Å². The topological polar surface area (TPSA) is 160 Å². The second kappa shape index (κ2) is 8.57. The van der Waals surface area contributed by atoms with Crippen molar-refractivity contribution in [3.63, 3.8) is 0 Å². The maximum atomic E-state index is 12.0. The molecule has 0 spiro atoms. The van der Waals surface area contributed by atoms with Gasteiger partial charge in [0.05, 0.1) is 6.33 Å². The molecule has 0 aromatic carbocycles. The molecule has 3 rings (SSSR count). The molecule has 3 heterocycles. The molecule has 0 saturated carbocycles. The summed E-state index contributed by atoms with van der Waals surface area (Å²) in [6.45, 7) is 3.47. The highest BCUT2D eigenvalue weighted by Gasteiger charge is 2.47. The molecule has 6 N–H and O–H groups in total. The lowest BCUT2D eigenvalue weighted by Crippen LogP contribution is -2.42. The number of anilines is 1. The molecular formula is C16H25N7O4. The predicted octanol–water partition coefficient (Wildman–Crippen LogP) is -1.27. The lowest BCUT2D eigenvalue weighted by Gasteiger charge is -2.16. The summed E-state index contributed by atoms with van der Waals surface area (Å²) in [6, 6.07) is 0. The Morgan fingerprint density at radius 3 is 2.85 bits per heavy atom. The van der Waals surface area contributed by atoms with E-state index in [1.54, 1.807) is 6.92 Å². The lowest BCUT2D eigenvalue weighted by atomic mass is 10.1. The molecule has 0 unspecified atom stereocenters. The number of amides is 1. The molecule has 1 saturated heterocycles. The lowest BCUT2D eigenvalue weighted by molar-refractivity contribution is -0.137. The van der Waals surface area contributed by atoms with Gasteiger partial charge in [-0.25, -0.2) is 15.0 Å². The van der Waals surface area contributed by atoms with E-state index in [0.29, 0.717) is 36.6 Å². The van der Waals surface area contributed by atoms with E-state index < -0.39 is 30.4 Å². The van der Waals surface area contributed by atoms with Crippen molar-refractivity contribution in [2.24, 2.45) is 5.73 Å². The number of hydrogen-bond donors (Lipinski definition) is 5. The SMILES string of the molecule is CCNC(=O)[C@H]1O[C@@H](n2cnc3c(NCCCCN)ncnc32)[C@H](O)[C@@H]1O. The Morgan fingerprint density at radius 2 is 2.11 bits per heavy atom. The largest absolute Gasteiger partial charge is 0.387 e. The molecule has 1 aliphatic heterocycles. The molecule has 0 bridgehead atoms. The van der Waals surface area contributed by atoms with Gasteiger partial charge in [0.15, 0.2) is 29.3 Å². The van der Waals surface area contributed by atoms with Crippen LogP contribution in [0, 0.1) is 0 Å². The van der Waals surface area contributed by atoms with Gasteiger partial charge in [-0.05, 0) is 26.3 Å². The van der Waals surface area contributed by atoms with Gasteiger partial charge < -0.3 is 31.3 Å². The van der Waals surface area contributed by atoms with E-state index in [9.17, 15) is 15.0 Å². The van der Waals surface area contributed by atoms with E-state index >= 15 is 0 Å². The van der Waals surface area contributed by atoms with Crippen LogP contribution in [0.1, 0.15) is 26.0 Å². The summed E-state index contributed by atoms with van der Waals surface area (Å²) in [7, 11) is 0. The molecule has 2 aromatic rings. The van der Waals surface area contributed by atoms with Crippen LogP contribution in [0.3, 0.4) is 0 Å². The van der Waals surface area contributed by atoms with E-state index in [-0.39, 0.29) is 0 Å². The number of carbonyl (C=O) groups excluding carboxylic acids is 1. The minimum absolute atomic E-state index is 0.395. The van der Waals surface area contributed by atoms with E-state index in [1.807, 2.05) is 0 Å². The normalized spacial score (nSPS) is 25.0. The van der Waals surface area contributed by atoms with Crippen molar-refractivity contribution in [1.82, 2.24) is 24.8 Å². The maximum Gasteiger partial charge on any atom is 0.252 e. The third-order valence-electron chi connectivity index (χ3n) is 4.40. The molecule has 1 fully saturated rings. The first kappa shape index (κ1) is 19.4. The van der Waals surface area contributed by atoms with E-state index in [4.69, 9.17) is 10.5 Å². The number of likely N-dealkylation sites (N-methyl/N-ethyl adjacent to an activating group) is 1. The molecule has 0 radical (unpaired) electrons. The Bertz CT molecular complexity index is 783. The molecule has 11 nitrogen and oxygen atoms in total. The van der Waals surface area contributed by atoms with Gasteiger partial charge in [0.1, 0.15) is 18.5 Å². The first-order valence-electron chi connectivity index (χ1n) is 8.99. The van der Waals surface area contributed by atoms with Gasteiger partial charge in [-0.1, -0.05) is 0 Å². The number of rotatable bonds is 8. The average molecular weight is 379 g/mol. The number of aliphatic hydroxyl groups is 2.